The first-order valence-electron chi connectivity index (χ1n) is 5.17. The molecule has 0 aliphatic rings. The first kappa shape index (κ1) is 13.9. The maximum absolute atomic E-state index is 11.2. The fraction of sp³-hybridized carbons (Fsp3) is 0.800. The lowest BCUT2D eigenvalue weighted by Gasteiger charge is -2.24. The first-order valence-corrected chi connectivity index (χ1v) is 5.17. The van der Waals surface area contributed by atoms with Gasteiger partial charge in [-0.25, -0.2) is 0 Å². The molecule has 0 aliphatic carbocycles. The Morgan fingerprint density at radius 1 is 1.33 bits per heavy atom. The second-order valence-electron chi connectivity index (χ2n) is 4.23. The minimum absolute atomic E-state index is 0.0607. The lowest BCUT2D eigenvalue weighted by molar-refractivity contribution is -0.122. The monoisotopic (exact) mass is 215 g/mol. The van der Waals surface area contributed by atoms with Gasteiger partial charge < -0.3 is 16.4 Å². The van der Waals surface area contributed by atoms with E-state index >= 15 is 0 Å². The van der Waals surface area contributed by atoms with Crippen LogP contribution in [0, 0.1) is 0 Å². The Morgan fingerprint density at radius 2 is 1.93 bits per heavy atom. The van der Waals surface area contributed by atoms with Crippen molar-refractivity contribution in [1.29, 1.82) is 0 Å². The molecule has 0 atom stereocenters. The molecule has 5 heteroatoms. The number of hydrogen-bond acceptors (Lipinski definition) is 3. The van der Waals surface area contributed by atoms with Crippen LogP contribution in [0.15, 0.2) is 0 Å². The summed E-state index contributed by atoms with van der Waals surface area (Å²) in [4.78, 5) is 22.0. The molecule has 0 aromatic rings. The van der Waals surface area contributed by atoms with Gasteiger partial charge in [0, 0.05) is 18.5 Å². The summed E-state index contributed by atoms with van der Waals surface area (Å²) in [5, 5.41) is 5.73. The van der Waals surface area contributed by atoms with Gasteiger partial charge in [0.1, 0.15) is 0 Å². The normalized spacial score (nSPS) is 11.1. The Labute approximate surface area is 90.8 Å². The third kappa shape index (κ3) is 7.93. The number of rotatable bonds is 7. The summed E-state index contributed by atoms with van der Waals surface area (Å²) in [5.41, 5.74) is 4.65. The van der Waals surface area contributed by atoms with Crippen LogP contribution in [0.5, 0.6) is 0 Å². The van der Waals surface area contributed by atoms with Crippen LogP contribution in [0.4, 0.5) is 0 Å². The average Bonchev–Trinajstić information content (AvgIpc) is 2.09. The van der Waals surface area contributed by atoms with Crippen molar-refractivity contribution in [3.8, 4) is 0 Å². The summed E-state index contributed by atoms with van der Waals surface area (Å²) < 4.78 is 0. The highest BCUT2D eigenvalue weighted by atomic mass is 16.2. The Bertz CT molecular complexity index is 227. The van der Waals surface area contributed by atoms with Gasteiger partial charge in [-0.2, -0.15) is 0 Å². The molecule has 0 bridgehead atoms. The molecule has 0 rings (SSSR count). The highest BCUT2D eigenvalue weighted by molar-refractivity contribution is 5.78. The largest absolute Gasteiger partial charge is 0.370 e. The molecule has 0 saturated heterocycles. The molecule has 4 N–H and O–H groups in total. The average molecular weight is 215 g/mol. The van der Waals surface area contributed by atoms with Crippen molar-refractivity contribution in [1.82, 2.24) is 10.6 Å². The number of carbonyl (C=O) groups is 2. The van der Waals surface area contributed by atoms with Gasteiger partial charge in [0.2, 0.25) is 11.8 Å². The van der Waals surface area contributed by atoms with Crippen molar-refractivity contribution < 1.29 is 9.59 Å². The van der Waals surface area contributed by atoms with Crippen LogP contribution in [-0.2, 0) is 9.59 Å². The second kappa shape index (κ2) is 6.40. The maximum Gasteiger partial charge on any atom is 0.233 e. The molecule has 15 heavy (non-hydrogen) atoms. The SMILES string of the molecule is CCCNC(=O)CNC(C)(C)CC(N)=O. The van der Waals surface area contributed by atoms with E-state index in [9.17, 15) is 9.59 Å². The Hall–Kier alpha value is -1.10. The van der Waals surface area contributed by atoms with Crippen LogP contribution in [0.1, 0.15) is 33.6 Å². The summed E-state index contributed by atoms with van der Waals surface area (Å²) in [7, 11) is 0. The van der Waals surface area contributed by atoms with E-state index < -0.39 is 5.54 Å². The highest BCUT2D eigenvalue weighted by Gasteiger charge is 2.20. The molecule has 0 unspecified atom stereocenters. The summed E-state index contributed by atoms with van der Waals surface area (Å²) in [6, 6.07) is 0. The lowest BCUT2D eigenvalue weighted by atomic mass is 10.0. The molecule has 5 nitrogen and oxygen atoms in total. The van der Waals surface area contributed by atoms with Crippen LogP contribution < -0.4 is 16.4 Å². The standard InChI is InChI=1S/C10H21N3O2/c1-4-5-12-9(15)7-13-10(2,3)6-8(11)14/h13H,4-7H2,1-3H3,(H2,11,14)(H,12,15). The Kier molecular flexibility index (Phi) is 5.93. The minimum atomic E-state index is -0.435. The molecule has 0 spiro atoms. The maximum atomic E-state index is 11.2. The molecular formula is C10H21N3O2. The van der Waals surface area contributed by atoms with Gasteiger partial charge in [-0.05, 0) is 20.3 Å². The Balaban J connectivity index is 3.82. The minimum Gasteiger partial charge on any atom is -0.370 e. The molecule has 2 amide bonds. The van der Waals surface area contributed by atoms with E-state index in [0.717, 1.165) is 6.42 Å². The van der Waals surface area contributed by atoms with E-state index in [1.54, 1.807) is 0 Å². The molecule has 88 valence electrons. The molecule has 0 saturated carbocycles. The van der Waals surface area contributed by atoms with Gasteiger partial charge in [-0.3, -0.25) is 9.59 Å². The predicted octanol–water partition coefficient (Wildman–Crippen LogP) is -0.244. The first-order chi connectivity index (χ1) is 6.87. The molecule has 0 radical (unpaired) electrons. The molecule has 0 aromatic heterocycles. The smallest absolute Gasteiger partial charge is 0.233 e. The molecule has 0 heterocycles. The van der Waals surface area contributed by atoms with E-state index in [-0.39, 0.29) is 24.8 Å². The number of hydrogen-bond donors (Lipinski definition) is 3. The third-order valence-electron chi connectivity index (χ3n) is 1.92. The van der Waals surface area contributed by atoms with E-state index in [0.29, 0.717) is 6.54 Å². The van der Waals surface area contributed by atoms with Crippen LogP contribution in [0.3, 0.4) is 0 Å². The Morgan fingerprint density at radius 3 is 2.40 bits per heavy atom. The second-order valence-corrected chi connectivity index (χ2v) is 4.23. The number of primary amides is 1. The van der Waals surface area contributed by atoms with Crippen molar-refractivity contribution in [2.75, 3.05) is 13.1 Å². The zero-order chi connectivity index (χ0) is 11.9. The van der Waals surface area contributed by atoms with Crippen LogP contribution in [0.25, 0.3) is 0 Å². The van der Waals surface area contributed by atoms with Gasteiger partial charge in [0.25, 0.3) is 0 Å². The summed E-state index contributed by atoms with van der Waals surface area (Å²) in [5.74, 6) is -0.434. The molecule has 0 fully saturated rings. The van der Waals surface area contributed by atoms with E-state index in [4.69, 9.17) is 5.73 Å². The lowest BCUT2D eigenvalue weighted by Crippen LogP contribution is -2.47. The van der Waals surface area contributed by atoms with Crippen molar-refractivity contribution in [3.05, 3.63) is 0 Å². The zero-order valence-corrected chi connectivity index (χ0v) is 9.72. The zero-order valence-electron chi connectivity index (χ0n) is 9.72. The van der Waals surface area contributed by atoms with Crippen LogP contribution >= 0.6 is 0 Å². The predicted molar refractivity (Wildman–Crippen MR) is 59.2 cm³/mol. The number of nitrogens with one attached hydrogen (secondary N) is 2. The summed E-state index contributed by atoms with van der Waals surface area (Å²) in [6.45, 7) is 6.55. The quantitative estimate of drug-likeness (QED) is 0.548. The number of nitrogens with two attached hydrogens (primary N) is 1. The van der Waals surface area contributed by atoms with Crippen molar-refractivity contribution in [3.63, 3.8) is 0 Å². The van der Waals surface area contributed by atoms with Crippen molar-refractivity contribution >= 4 is 11.8 Å². The third-order valence-corrected chi connectivity index (χ3v) is 1.92. The highest BCUT2D eigenvalue weighted by Crippen LogP contribution is 2.06. The topological polar surface area (TPSA) is 84.2 Å². The fourth-order valence-corrected chi connectivity index (χ4v) is 1.14. The molecular weight excluding hydrogens is 194 g/mol. The summed E-state index contributed by atoms with van der Waals surface area (Å²) >= 11 is 0. The van der Waals surface area contributed by atoms with E-state index in [2.05, 4.69) is 10.6 Å². The van der Waals surface area contributed by atoms with E-state index in [1.165, 1.54) is 0 Å². The van der Waals surface area contributed by atoms with Crippen LogP contribution in [0.2, 0.25) is 0 Å². The van der Waals surface area contributed by atoms with Gasteiger partial charge in [-0.15, -0.1) is 0 Å². The van der Waals surface area contributed by atoms with E-state index in [1.807, 2.05) is 20.8 Å². The van der Waals surface area contributed by atoms with Crippen molar-refractivity contribution in [2.45, 2.75) is 39.2 Å². The number of carbonyl (C=O) groups excluding carboxylic acids is 2. The van der Waals surface area contributed by atoms with Gasteiger partial charge >= 0.3 is 0 Å². The molecule has 0 aliphatic heterocycles. The molecule has 0 aromatic carbocycles. The summed E-state index contributed by atoms with van der Waals surface area (Å²) in [6.07, 6.45) is 1.13. The van der Waals surface area contributed by atoms with Gasteiger partial charge in [-0.1, -0.05) is 6.92 Å². The van der Waals surface area contributed by atoms with Crippen molar-refractivity contribution in [2.24, 2.45) is 5.73 Å². The van der Waals surface area contributed by atoms with Gasteiger partial charge in [0.05, 0.1) is 6.54 Å². The van der Waals surface area contributed by atoms with Gasteiger partial charge in [0.15, 0.2) is 0 Å². The fourth-order valence-electron chi connectivity index (χ4n) is 1.14. The van der Waals surface area contributed by atoms with Crippen LogP contribution in [-0.4, -0.2) is 30.4 Å². The number of amides is 2.